The van der Waals surface area contributed by atoms with Crippen LogP contribution in [0.3, 0.4) is 0 Å². The van der Waals surface area contributed by atoms with E-state index in [2.05, 4.69) is 54.7 Å². The van der Waals surface area contributed by atoms with Gasteiger partial charge in [-0.05, 0) is 61.0 Å². The zero-order valence-corrected chi connectivity index (χ0v) is 21.3. The topological polar surface area (TPSA) is 99.2 Å². The highest BCUT2D eigenvalue weighted by Crippen LogP contribution is 2.30. The number of pyridine rings is 1. The Kier molecular flexibility index (Phi) is 5.33. The summed E-state index contributed by atoms with van der Waals surface area (Å²) in [5.74, 6) is 1.16. The van der Waals surface area contributed by atoms with E-state index in [1.165, 1.54) is 0 Å². The summed E-state index contributed by atoms with van der Waals surface area (Å²) in [6.45, 7) is 1.95. The van der Waals surface area contributed by atoms with Crippen LogP contribution in [0.1, 0.15) is 5.69 Å². The Balaban J connectivity index is 1.15. The van der Waals surface area contributed by atoms with Crippen LogP contribution < -0.4 is 5.32 Å². The van der Waals surface area contributed by atoms with Crippen molar-refractivity contribution >= 4 is 33.4 Å². The van der Waals surface area contributed by atoms with E-state index in [1.54, 1.807) is 17.2 Å². The minimum absolute atomic E-state index is 0.528. The van der Waals surface area contributed by atoms with E-state index >= 15 is 0 Å². The highest BCUT2D eigenvalue weighted by Gasteiger charge is 2.10. The van der Waals surface area contributed by atoms with Crippen LogP contribution in [0.15, 0.2) is 97.7 Å². The second-order valence-corrected chi connectivity index (χ2v) is 9.35. The van der Waals surface area contributed by atoms with Crippen LogP contribution in [0, 0.1) is 6.92 Å². The number of anilines is 2. The van der Waals surface area contributed by atoms with E-state index < -0.39 is 0 Å². The molecule has 0 atom stereocenters. The van der Waals surface area contributed by atoms with Crippen molar-refractivity contribution < 1.29 is 0 Å². The number of benzene rings is 3. The Hall–Kier alpha value is -5.44. The van der Waals surface area contributed by atoms with Crippen LogP contribution in [-0.4, -0.2) is 39.5 Å². The highest BCUT2D eigenvalue weighted by molar-refractivity contribution is 5.96. The van der Waals surface area contributed by atoms with Gasteiger partial charge in [-0.25, -0.2) is 19.6 Å². The molecule has 0 aliphatic rings. The Morgan fingerprint density at radius 2 is 1.64 bits per heavy atom. The van der Waals surface area contributed by atoms with Gasteiger partial charge in [-0.3, -0.25) is 9.67 Å². The van der Waals surface area contributed by atoms with Gasteiger partial charge in [0.15, 0.2) is 5.82 Å². The summed E-state index contributed by atoms with van der Waals surface area (Å²) >= 11 is 0. The second-order valence-electron chi connectivity index (χ2n) is 9.35. The zero-order valence-electron chi connectivity index (χ0n) is 21.3. The quantitative estimate of drug-likeness (QED) is 0.309. The summed E-state index contributed by atoms with van der Waals surface area (Å²) in [4.78, 5) is 18.2. The Morgan fingerprint density at radius 1 is 0.769 bits per heavy atom. The fourth-order valence-corrected chi connectivity index (χ4v) is 4.63. The Bertz CT molecular complexity index is 1950. The van der Waals surface area contributed by atoms with Crippen LogP contribution in [-0.2, 0) is 7.05 Å². The monoisotopic (exact) mass is 509 g/mol. The van der Waals surface area contributed by atoms with Crippen LogP contribution in [0.25, 0.3) is 50.0 Å². The molecule has 7 aromatic rings. The van der Waals surface area contributed by atoms with Crippen molar-refractivity contribution in [1.82, 2.24) is 39.5 Å². The number of hydrogen-bond acceptors (Lipinski definition) is 7. The molecule has 0 aliphatic heterocycles. The first-order valence-electron chi connectivity index (χ1n) is 12.5. The van der Waals surface area contributed by atoms with Gasteiger partial charge in [-0.2, -0.15) is 5.10 Å². The molecule has 0 fully saturated rings. The molecule has 0 saturated heterocycles. The molecular formula is C30H23N9. The van der Waals surface area contributed by atoms with E-state index in [0.29, 0.717) is 11.8 Å². The van der Waals surface area contributed by atoms with Crippen molar-refractivity contribution in [3.63, 3.8) is 0 Å². The second kappa shape index (κ2) is 9.14. The number of aromatic nitrogens is 8. The van der Waals surface area contributed by atoms with Gasteiger partial charge in [-0.15, -0.1) is 5.10 Å². The third-order valence-electron chi connectivity index (χ3n) is 6.72. The summed E-state index contributed by atoms with van der Waals surface area (Å²) in [6, 6.07) is 24.3. The molecule has 0 bridgehead atoms. The average Bonchev–Trinajstić information content (AvgIpc) is 3.61. The van der Waals surface area contributed by atoms with Crippen LogP contribution in [0.4, 0.5) is 11.6 Å². The molecule has 0 saturated carbocycles. The first kappa shape index (κ1) is 22.7. The van der Waals surface area contributed by atoms with E-state index in [-0.39, 0.29) is 0 Å². The van der Waals surface area contributed by atoms with Gasteiger partial charge in [0.2, 0.25) is 5.95 Å². The van der Waals surface area contributed by atoms with E-state index in [1.807, 2.05) is 79.6 Å². The maximum absolute atomic E-state index is 4.88. The molecule has 1 N–H and O–H groups in total. The van der Waals surface area contributed by atoms with Crippen molar-refractivity contribution in [2.24, 2.45) is 7.05 Å². The van der Waals surface area contributed by atoms with Gasteiger partial charge < -0.3 is 5.32 Å². The molecule has 0 spiro atoms. The molecule has 0 unspecified atom stereocenters. The standard InChI is InChI=1S/C30H23N9/c1-19-6-7-22(16-31-19)29-33-18-39(37-29)25-11-9-24(10-12-25)35-30-32-15-21-4-3-5-26(28(21)36-30)20-8-13-27-23(14-20)17-34-38(27)2/h3-18H,1-2H3,(H,32,35,36). The summed E-state index contributed by atoms with van der Waals surface area (Å²) in [5.41, 5.74) is 7.71. The molecule has 4 aromatic heterocycles. The molecule has 4 heterocycles. The third kappa shape index (κ3) is 4.25. The number of nitrogens with zero attached hydrogens (tertiary/aromatic N) is 8. The maximum atomic E-state index is 4.88. The lowest BCUT2D eigenvalue weighted by molar-refractivity contribution is 0.797. The summed E-state index contributed by atoms with van der Waals surface area (Å²) in [7, 11) is 1.95. The normalized spacial score (nSPS) is 11.3. The molecule has 188 valence electrons. The number of para-hydroxylation sites is 1. The highest BCUT2D eigenvalue weighted by atomic mass is 15.3. The summed E-state index contributed by atoms with van der Waals surface area (Å²) in [5, 5.41) is 14.4. The van der Waals surface area contributed by atoms with Crippen LogP contribution >= 0.6 is 0 Å². The maximum Gasteiger partial charge on any atom is 0.227 e. The van der Waals surface area contributed by atoms with E-state index in [4.69, 9.17) is 4.98 Å². The van der Waals surface area contributed by atoms with Gasteiger partial charge in [0.05, 0.1) is 22.9 Å². The van der Waals surface area contributed by atoms with E-state index in [0.717, 1.165) is 55.6 Å². The number of aryl methyl sites for hydroxylation is 2. The molecule has 9 heteroatoms. The molecule has 0 aliphatic carbocycles. The fraction of sp³-hybridized carbons (Fsp3) is 0.0667. The molecule has 9 nitrogen and oxygen atoms in total. The van der Waals surface area contributed by atoms with Crippen LogP contribution in [0.2, 0.25) is 0 Å². The van der Waals surface area contributed by atoms with Crippen molar-refractivity contribution in [3.05, 3.63) is 103 Å². The Morgan fingerprint density at radius 3 is 2.49 bits per heavy atom. The van der Waals surface area contributed by atoms with E-state index in [9.17, 15) is 0 Å². The molecule has 0 radical (unpaired) electrons. The lowest BCUT2D eigenvalue weighted by Gasteiger charge is -2.10. The van der Waals surface area contributed by atoms with Gasteiger partial charge >= 0.3 is 0 Å². The minimum Gasteiger partial charge on any atom is -0.324 e. The van der Waals surface area contributed by atoms with Crippen molar-refractivity contribution in [2.45, 2.75) is 6.92 Å². The smallest absolute Gasteiger partial charge is 0.227 e. The van der Waals surface area contributed by atoms with Crippen LogP contribution in [0.5, 0.6) is 0 Å². The number of nitrogens with one attached hydrogen (secondary N) is 1. The lowest BCUT2D eigenvalue weighted by atomic mass is 10.0. The molecular weight excluding hydrogens is 486 g/mol. The van der Waals surface area contributed by atoms with Gasteiger partial charge in [0.25, 0.3) is 0 Å². The predicted octanol–water partition coefficient (Wildman–Crippen LogP) is 5.88. The first-order chi connectivity index (χ1) is 19.1. The lowest BCUT2D eigenvalue weighted by Crippen LogP contribution is -1.99. The molecule has 3 aromatic carbocycles. The number of rotatable bonds is 5. The van der Waals surface area contributed by atoms with Crippen molar-refractivity contribution in [3.8, 4) is 28.2 Å². The average molecular weight is 510 g/mol. The van der Waals surface area contributed by atoms with Gasteiger partial charge in [0.1, 0.15) is 6.33 Å². The molecule has 39 heavy (non-hydrogen) atoms. The first-order valence-corrected chi connectivity index (χ1v) is 12.5. The summed E-state index contributed by atoms with van der Waals surface area (Å²) < 4.78 is 3.62. The van der Waals surface area contributed by atoms with Gasteiger partial charge in [-0.1, -0.05) is 24.3 Å². The number of fused-ring (bicyclic) bond motifs is 2. The molecule has 7 rings (SSSR count). The van der Waals surface area contributed by atoms with Gasteiger partial charge in [0, 0.05) is 52.7 Å². The summed E-state index contributed by atoms with van der Waals surface area (Å²) in [6.07, 6.45) is 7.22. The zero-order chi connectivity index (χ0) is 26.3. The fourth-order valence-electron chi connectivity index (χ4n) is 4.63. The minimum atomic E-state index is 0.528. The SMILES string of the molecule is Cc1ccc(-c2ncn(-c3ccc(Nc4ncc5cccc(-c6ccc7c(cnn7C)c6)c5n4)cc3)n2)cn1. The third-order valence-corrected chi connectivity index (χ3v) is 6.72. The Labute approximate surface area is 223 Å². The van der Waals surface area contributed by atoms with Crippen molar-refractivity contribution in [2.75, 3.05) is 5.32 Å². The predicted molar refractivity (Wildman–Crippen MR) is 152 cm³/mol. The van der Waals surface area contributed by atoms with Crippen molar-refractivity contribution in [1.29, 1.82) is 0 Å². The largest absolute Gasteiger partial charge is 0.324 e. The number of hydrogen-bond donors (Lipinski definition) is 1. The molecule has 0 amide bonds.